The SMILES string of the molecule is c1ccc(-n2c3ccccc3c3c4c5ccc6c(c5n(-c5ccccc5)c4ccc32)B2c3ccccc3-c3ccccc3N2c2ccccc2-6)cc1. The van der Waals surface area contributed by atoms with Crippen molar-refractivity contribution in [1.82, 2.24) is 9.13 Å². The first-order valence-corrected chi connectivity index (χ1v) is 18.1. The summed E-state index contributed by atoms with van der Waals surface area (Å²) in [7, 11) is 0. The van der Waals surface area contributed by atoms with Gasteiger partial charge in [0.05, 0.1) is 22.1 Å². The third-order valence-corrected chi connectivity index (χ3v) is 11.5. The highest BCUT2D eigenvalue weighted by molar-refractivity contribution is 6.94. The van der Waals surface area contributed by atoms with Crippen molar-refractivity contribution in [2.45, 2.75) is 0 Å². The second-order valence-electron chi connectivity index (χ2n) is 14.0. The molecule has 0 saturated carbocycles. The molecule has 10 aromatic rings. The number of rotatable bonds is 2. The summed E-state index contributed by atoms with van der Waals surface area (Å²) < 4.78 is 4.98. The fourth-order valence-corrected chi connectivity index (χ4v) is 9.53. The number of para-hydroxylation sites is 5. The van der Waals surface area contributed by atoms with Crippen LogP contribution in [0, 0.1) is 0 Å². The molecule has 0 bridgehead atoms. The average Bonchev–Trinajstić information content (AvgIpc) is 3.74. The standard InChI is InChI=1S/C48H30BN3/c1-3-15-31(16-4-1)50-40-24-12-10-22-37(40)45-43(50)29-30-44-46(45)38-28-27-36-35-21-9-14-26-42(35)52-41-25-13-8-20-34(41)33-19-7-11-23-39(33)49(52)47(36)48(38)51(44)32-17-5-2-6-18-32/h1-30H. The van der Waals surface area contributed by atoms with Crippen molar-refractivity contribution in [3.63, 3.8) is 0 Å². The van der Waals surface area contributed by atoms with Crippen LogP contribution in [0.15, 0.2) is 182 Å². The van der Waals surface area contributed by atoms with Crippen molar-refractivity contribution in [1.29, 1.82) is 0 Å². The van der Waals surface area contributed by atoms with Gasteiger partial charge in [-0.1, -0.05) is 127 Å². The van der Waals surface area contributed by atoms with Crippen LogP contribution in [0.3, 0.4) is 0 Å². The van der Waals surface area contributed by atoms with Crippen LogP contribution in [0.4, 0.5) is 11.4 Å². The van der Waals surface area contributed by atoms with Crippen LogP contribution in [0.2, 0.25) is 0 Å². The quantitative estimate of drug-likeness (QED) is 0.168. The fourth-order valence-electron chi connectivity index (χ4n) is 9.53. The number of hydrogen-bond donors (Lipinski definition) is 0. The summed E-state index contributed by atoms with van der Waals surface area (Å²) in [6.45, 7) is -0.0207. The molecule has 0 fully saturated rings. The van der Waals surface area contributed by atoms with E-state index in [4.69, 9.17) is 0 Å². The molecular weight excluding hydrogens is 629 g/mol. The normalized spacial score (nSPS) is 12.9. The summed E-state index contributed by atoms with van der Waals surface area (Å²) in [4.78, 5) is 2.61. The smallest absolute Gasteiger partial charge is 0.331 e. The van der Waals surface area contributed by atoms with Crippen molar-refractivity contribution >= 4 is 72.8 Å². The van der Waals surface area contributed by atoms with Crippen LogP contribution in [0.5, 0.6) is 0 Å². The van der Waals surface area contributed by atoms with Crippen molar-refractivity contribution in [3.8, 4) is 33.6 Å². The monoisotopic (exact) mass is 659 g/mol. The molecule has 2 aliphatic heterocycles. The Morgan fingerprint density at radius 3 is 1.62 bits per heavy atom. The second kappa shape index (κ2) is 10.4. The molecule has 52 heavy (non-hydrogen) atoms. The molecule has 0 spiro atoms. The van der Waals surface area contributed by atoms with E-state index < -0.39 is 0 Å². The molecule has 0 atom stereocenters. The summed E-state index contributed by atoms with van der Waals surface area (Å²) in [6.07, 6.45) is 0. The van der Waals surface area contributed by atoms with Crippen LogP contribution in [0.1, 0.15) is 0 Å². The Labute approximate surface area is 301 Å². The molecule has 4 heterocycles. The lowest BCUT2D eigenvalue weighted by atomic mass is 9.43. The van der Waals surface area contributed by atoms with Gasteiger partial charge < -0.3 is 13.9 Å². The molecule has 240 valence electrons. The highest BCUT2D eigenvalue weighted by atomic mass is 15.1. The van der Waals surface area contributed by atoms with E-state index in [1.807, 2.05) is 0 Å². The molecule has 0 amide bonds. The van der Waals surface area contributed by atoms with Crippen molar-refractivity contribution < 1.29 is 0 Å². The maximum Gasteiger partial charge on any atom is 0.331 e. The Kier molecular flexibility index (Phi) is 5.58. The zero-order valence-electron chi connectivity index (χ0n) is 28.2. The summed E-state index contributed by atoms with van der Waals surface area (Å²) in [5.74, 6) is 0. The maximum atomic E-state index is 2.61. The lowest BCUT2D eigenvalue weighted by molar-refractivity contribution is 1.17. The van der Waals surface area contributed by atoms with Crippen molar-refractivity contribution in [2.75, 3.05) is 4.81 Å². The van der Waals surface area contributed by atoms with E-state index in [0.717, 1.165) is 5.69 Å². The summed E-state index contributed by atoms with van der Waals surface area (Å²) in [5.41, 5.74) is 17.6. The minimum Gasteiger partial charge on any atom is -0.376 e. The number of hydrogen-bond acceptors (Lipinski definition) is 1. The highest BCUT2D eigenvalue weighted by Crippen LogP contribution is 2.48. The van der Waals surface area contributed by atoms with Gasteiger partial charge in [-0.3, -0.25) is 0 Å². The van der Waals surface area contributed by atoms with E-state index in [1.54, 1.807) is 0 Å². The summed E-state index contributed by atoms with van der Waals surface area (Å²) >= 11 is 0. The molecule has 3 nitrogen and oxygen atoms in total. The summed E-state index contributed by atoms with van der Waals surface area (Å²) in [6, 6.07) is 67.1. The van der Waals surface area contributed by atoms with Gasteiger partial charge in [0.1, 0.15) is 0 Å². The van der Waals surface area contributed by atoms with Gasteiger partial charge in [-0.05, 0) is 76.6 Å². The van der Waals surface area contributed by atoms with Gasteiger partial charge in [0, 0.05) is 55.4 Å². The Balaban J connectivity index is 1.31. The first-order chi connectivity index (χ1) is 25.9. The number of anilines is 2. The Morgan fingerprint density at radius 1 is 0.346 bits per heavy atom. The van der Waals surface area contributed by atoms with Crippen molar-refractivity contribution in [2.24, 2.45) is 0 Å². The maximum absolute atomic E-state index is 2.61. The van der Waals surface area contributed by atoms with Crippen LogP contribution in [-0.2, 0) is 0 Å². The van der Waals surface area contributed by atoms with Crippen LogP contribution in [-0.4, -0.2) is 16.0 Å². The highest BCUT2D eigenvalue weighted by Gasteiger charge is 2.44. The lowest BCUT2D eigenvalue weighted by Gasteiger charge is -2.43. The number of aromatic nitrogens is 2. The molecule has 12 rings (SSSR count). The minimum atomic E-state index is -0.0207. The van der Waals surface area contributed by atoms with Crippen LogP contribution in [0.25, 0.3) is 77.2 Å². The number of benzene rings is 8. The third kappa shape index (κ3) is 3.56. The molecule has 0 N–H and O–H groups in total. The van der Waals surface area contributed by atoms with E-state index in [9.17, 15) is 0 Å². The predicted octanol–water partition coefficient (Wildman–Crippen LogP) is 10.8. The van der Waals surface area contributed by atoms with Gasteiger partial charge in [-0.25, -0.2) is 0 Å². The molecule has 4 heteroatoms. The predicted molar refractivity (Wildman–Crippen MR) is 220 cm³/mol. The third-order valence-electron chi connectivity index (χ3n) is 11.5. The van der Waals surface area contributed by atoms with E-state index in [1.165, 1.54) is 93.9 Å². The Hall–Kier alpha value is -6.78. The van der Waals surface area contributed by atoms with Gasteiger partial charge in [-0.2, -0.15) is 0 Å². The fraction of sp³-hybridized carbons (Fsp3) is 0. The second-order valence-corrected chi connectivity index (χ2v) is 14.0. The summed E-state index contributed by atoms with van der Waals surface area (Å²) in [5, 5.41) is 5.12. The van der Waals surface area contributed by atoms with Gasteiger partial charge in [0.25, 0.3) is 0 Å². The number of nitrogens with zero attached hydrogens (tertiary/aromatic N) is 3. The van der Waals surface area contributed by atoms with Crippen LogP contribution >= 0.6 is 0 Å². The van der Waals surface area contributed by atoms with Gasteiger partial charge >= 0.3 is 6.85 Å². The molecule has 2 aliphatic rings. The number of fused-ring (bicyclic) bond motifs is 19. The molecule has 2 aromatic heterocycles. The molecule has 0 saturated heterocycles. The van der Waals surface area contributed by atoms with E-state index in [2.05, 4.69) is 196 Å². The van der Waals surface area contributed by atoms with Gasteiger partial charge in [-0.15, -0.1) is 0 Å². The largest absolute Gasteiger partial charge is 0.376 e. The lowest BCUT2D eigenvalue weighted by Crippen LogP contribution is -2.60. The molecule has 8 aromatic carbocycles. The van der Waals surface area contributed by atoms with Gasteiger partial charge in [0.15, 0.2) is 0 Å². The molecular formula is C48H30BN3. The molecule has 0 radical (unpaired) electrons. The molecule has 0 unspecified atom stereocenters. The zero-order valence-corrected chi connectivity index (χ0v) is 28.2. The van der Waals surface area contributed by atoms with Crippen LogP contribution < -0.4 is 15.7 Å². The van der Waals surface area contributed by atoms with E-state index in [-0.39, 0.29) is 6.85 Å². The Morgan fingerprint density at radius 2 is 0.885 bits per heavy atom. The Bertz CT molecular complexity index is 3080. The van der Waals surface area contributed by atoms with E-state index >= 15 is 0 Å². The van der Waals surface area contributed by atoms with E-state index in [0.29, 0.717) is 0 Å². The zero-order chi connectivity index (χ0) is 33.9. The minimum absolute atomic E-state index is 0.0207. The molecule has 0 aliphatic carbocycles. The van der Waals surface area contributed by atoms with Gasteiger partial charge in [0.2, 0.25) is 0 Å². The average molecular weight is 660 g/mol. The van der Waals surface area contributed by atoms with Crippen molar-refractivity contribution in [3.05, 3.63) is 182 Å². The first-order valence-electron chi connectivity index (χ1n) is 18.1. The first kappa shape index (κ1) is 28.0. The topological polar surface area (TPSA) is 13.1 Å².